The topological polar surface area (TPSA) is 46.0 Å². The first kappa shape index (κ1) is 12.0. The van der Waals surface area contributed by atoms with E-state index in [0.29, 0.717) is 10.2 Å². The van der Waals surface area contributed by atoms with Crippen molar-refractivity contribution < 1.29 is 5.11 Å². The molecule has 3 nitrogen and oxygen atoms in total. The molecular weight excluding hydrogens is 243 g/mol. The predicted molar refractivity (Wildman–Crippen MR) is 59.1 cm³/mol. The van der Waals surface area contributed by atoms with Crippen LogP contribution in [0.3, 0.4) is 0 Å². The molecule has 0 aromatic carbocycles. The summed E-state index contributed by atoms with van der Waals surface area (Å²) in [6, 6.07) is 1.62. The summed E-state index contributed by atoms with van der Waals surface area (Å²) in [5, 5.41) is 10.2. The van der Waals surface area contributed by atoms with Crippen LogP contribution < -0.4 is 0 Å². The molecule has 1 aromatic heterocycles. The molecular formula is C8H10Cl2N2OS. The van der Waals surface area contributed by atoms with Crippen LogP contribution in [0.25, 0.3) is 0 Å². The number of aromatic nitrogens is 2. The lowest BCUT2D eigenvalue weighted by Gasteiger charge is -2.19. The standard InChI is InChI=1S/C8H10Cl2N2OS/c1-8(2,4-13)14-6-3-5(9)11-7(10)12-6/h3,13H,4H2,1-2H3. The third-order valence-corrected chi connectivity index (χ3v) is 2.87. The monoisotopic (exact) mass is 252 g/mol. The third-order valence-electron chi connectivity index (χ3n) is 1.41. The average molecular weight is 253 g/mol. The SMILES string of the molecule is CC(C)(CO)Sc1cc(Cl)nc(Cl)n1. The number of rotatable bonds is 3. The number of nitrogens with zero attached hydrogens (tertiary/aromatic N) is 2. The van der Waals surface area contributed by atoms with Crippen molar-refractivity contribution in [3.05, 3.63) is 16.5 Å². The van der Waals surface area contributed by atoms with Gasteiger partial charge in [0.1, 0.15) is 10.2 Å². The molecule has 0 aliphatic carbocycles. The quantitative estimate of drug-likeness (QED) is 0.511. The predicted octanol–water partition coefficient (Wildman–Crippen LogP) is 2.65. The molecule has 0 spiro atoms. The maximum Gasteiger partial charge on any atom is 0.224 e. The molecule has 0 unspecified atom stereocenters. The molecule has 6 heteroatoms. The van der Waals surface area contributed by atoms with Crippen LogP contribution in [-0.4, -0.2) is 26.4 Å². The lowest BCUT2D eigenvalue weighted by molar-refractivity contribution is 0.265. The summed E-state index contributed by atoms with van der Waals surface area (Å²) in [6.07, 6.45) is 0. The Labute approximate surface area is 96.9 Å². The molecule has 1 aromatic rings. The molecule has 0 saturated heterocycles. The van der Waals surface area contributed by atoms with Crippen molar-refractivity contribution in [2.45, 2.75) is 23.6 Å². The first-order valence-corrected chi connectivity index (χ1v) is 5.50. The Morgan fingerprint density at radius 2 is 2.07 bits per heavy atom. The Morgan fingerprint density at radius 1 is 1.43 bits per heavy atom. The van der Waals surface area contributed by atoms with Crippen LogP contribution >= 0.6 is 35.0 Å². The van der Waals surface area contributed by atoms with E-state index in [9.17, 15) is 0 Å². The van der Waals surface area contributed by atoms with Gasteiger partial charge in [-0.3, -0.25) is 0 Å². The van der Waals surface area contributed by atoms with Gasteiger partial charge in [0, 0.05) is 10.8 Å². The van der Waals surface area contributed by atoms with E-state index in [-0.39, 0.29) is 16.6 Å². The zero-order valence-corrected chi connectivity index (χ0v) is 10.1. The van der Waals surface area contributed by atoms with E-state index in [2.05, 4.69) is 9.97 Å². The summed E-state index contributed by atoms with van der Waals surface area (Å²) in [7, 11) is 0. The van der Waals surface area contributed by atoms with Gasteiger partial charge >= 0.3 is 0 Å². The number of aliphatic hydroxyl groups is 1. The van der Waals surface area contributed by atoms with Gasteiger partial charge in [0.15, 0.2) is 0 Å². The van der Waals surface area contributed by atoms with E-state index in [1.54, 1.807) is 6.07 Å². The molecule has 78 valence electrons. The van der Waals surface area contributed by atoms with Crippen molar-refractivity contribution in [2.75, 3.05) is 6.61 Å². The van der Waals surface area contributed by atoms with Gasteiger partial charge in [-0.15, -0.1) is 0 Å². The molecule has 1 rings (SSSR count). The van der Waals surface area contributed by atoms with E-state index in [4.69, 9.17) is 28.3 Å². The minimum atomic E-state index is -0.305. The smallest absolute Gasteiger partial charge is 0.224 e. The van der Waals surface area contributed by atoms with Crippen molar-refractivity contribution in [1.82, 2.24) is 9.97 Å². The summed E-state index contributed by atoms with van der Waals surface area (Å²) < 4.78 is -0.305. The van der Waals surface area contributed by atoms with Gasteiger partial charge in [-0.25, -0.2) is 9.97 Å². The molecule has 0 bridgehead atoms. The molecule has 0 saturated carbocycles. The van der Waals surface area contributed by atoms with Gasteiger partial charge in [-0.05, 0) is 25.4 Å². The molecule has 0 radical (unpaired) electrons. The zero-order valence-electron chi connectivity index (χ0n) is 7.79. The molecule has 1 heterocycles. The second-order valence-electron chi connectivity index (χ2n) is 3.32. The zero-order chi connectivity index (χ0) is 10.8. The summed E-state index contributed by atoms with van der Waals surface area (Å²) in [4.78, 5) is 7.72. The van der Waals surface area contributed by atoms with Gasteiger partial charge in [0.05, 0.1) is 6.61 Å². The third kappa shape index (κ3) is 3.61. The largest absolute Gasteiger partial charge is 0.395 e. The lowest BCUT2D eigenvalue weighted by Crippen LogP contribution is -2.19. The summed E-state index contributed by atoms with van der Waals surface area (Å²) in [5.41, 5.74) is 0. The normalized spacial score (nSPS) is 11.8. The molecule has 0 aliphatic rings. The Morgan fingerprint density at radius 3 is 2.57 bits per heavy atom. The fourth-order valence-corrected chi connectivity index (χ4v) is 2.20. The first-order valence-electron chi connectivity index (χ1n) is 3.93. The summed E-state index contributed by atoms with van der Waals surface area (Å²) in [6.45, 7) is 3.86. The van der Waals surface area contributed by atoms with E-state index in [1.807, 2.05) is 13.8 Å². The highest BCUT2D eigenvalue weighted by Crippen LogP contribution is 2.31. The molecule has 0 aliphatic heterocycles. The van der Waals surface area contributed by atoms with E-state index in [1.165, 1.54) is 11.8 Å². The first-order chi connectivity index (χ1) is 6.43. The summed E-state index contributed by atoms with van der Waals surface area (Å²) >= 11 is 12.8. The second-order valence-corrected chi connectivity index (χ2v) is 5.77. The highest BCUT2D eigenvalue weighted by Gasteiger charge is 2.19. The Hall–Kier alpha value is -0.0300. The van der Waals surface area contributed by atoms with Crippen molar-refractivity contribution in [3.8, 4) is 0 Å². The molecule has 0 amide bonds. The van der Waals surface area contributed by atoms with Crippen molar-refractivity contribution >= 4 is 35.0 Å². The average Bonchev–Trinajstić information content (AvgIpc) is 2.01. The van der Waals surface area contributed by atoms with Gasteiger partial charge in [0.25, 0.3) is 0 Å². The number of hydrogen-bond acceptors (Lipinski definition) is 4. The Bertz CT molecular complexity index is 313. The Kier molecular flexibility index (Phi) is 4.01. The van der Waals surface area contributed by atoms with E-state index < -0.39 is 0 Å². The van der Waals surface area contributed by atoms with Gasteiger partial charge in [0.2, 0.25) is 5.28 Å². The van der Waals surface area contributed by atoms with E-state index in [0.717, 1.165) is 0 Å². The van der Waals surface area contributed by atoms with Crippen LogP contribution in [0.2, 0.25) is 10.4 Å². The molecule has 1 N–H and O–H groups in total. The lowest BCUT2D eigenvalue weighted by atomic mass is 10.2. The fraction of sp³-hybridized carbons (Fsp3) is 0.500. The van der Waals surface area contributed by atoms with Crippen molar-refractivity contribution in [3.63, 3.8) is 0 Å². The molecule has 0 atom stereocenters. The number of hydrogen-bond donors (Lipinski definition) is 1. The van der Waals surface area contributed by atoms with Crippen LogP contribution in [0, 0.1) is 0 Å². The van der Waals surface area contributed by atoms with Crippen molar-refractivity contribution in [1.29, 1.82) is 0 Å². The number of halogens is 2. The number of thioether (sulfide) groups is 1. The molecule has 14 heavy (non-hydrogen) atoms. The fourth-order valence-electron chi connectivity index (χ4n) is 0.738. The highest BCUT2D eigenvalue weighted by molar-refractivity contribution is 8.00. The molecule has 0 fully saturated rings. The Balaban J connectivity index is 2.87. The van der Waals surface area contributed by atoms with Crippen LogP contribution in [-0.2, 0) is 0 Å². The van der Waals surface area contributed by atoms with Gasteiger partial charge in [-0.2, -0.15) is 0 Å². The number of aliphatic hydroxyl groups excluding tert-OH is 1. The van der Waals surface area contributed by atoms with Crippen LogP contribution in [0.4, 0.5) is 0 Å². The summed E-state index contributed by atoms with van der Waals surface area (Å²) in [5.74, 6) is 0. The van der Waals surface area contributed by atoms with Gasteiger partial charge < -0.3 is 5.11 Å². The van der Waals surface area contributed by atoms with Crippen LogP contribution in [0.1, 0.15) is 13.8 Å². The van der Waals surface area contributed by atoms with Crippen molar-refractivity contribution in [2.24, 2.45) is 0 Å². The van der Waals surface area contributed by atoms with Gasteiger partial charge in [-0.1, -0.05) is 23.4 Å². The highest BCUT2D eigenvalue weighted by atomic mass is 35.5. The second kappa shape index (κ2) is 4.66. The minimum absolute atomic E-state index is 0.0525. The van der Waals surface area contributed by atoms with E-state index >= 15 is 0 Å². The van der Waals surface area contributed by atoms with Crippen LogP contribution in [0.15, 0.2) is 11.1 Å². The maximum atomic E-state index is 9.06. The minimum Gasteiger partial charge on any atom is -0.395 e. The maximum absolute atomic E-state index is 9.06. The van der Waals surface area contributed by atoms with Crippen LogP contribution in [0.5, 0.6) is 0 Å².